The lowest BCUT2D eigenvalue weighted by molar-refractivity contribution is 0.669. The molecule has 0 aliphatic rings. The van der Waals surface area contributed by atoms with E-state index in [2.05, 4.69) is 191 Å². The molecule has 0 spiro atoms. The van der Waals surface area contributed by atoms with E-state index in [9.17, 15) is 0 Å². The van der Waals surface area contributed by atoms with Crippen molar-refractivity contribution < 1.29 is 4.42 Å². The zero-order valence-electron chi connectivity index (χ0n) is 30.8. The maximum Gasteiger partial charge on any atom is 0.135 e. The van der Waals surface area contributed by atoms with Crippen LogP contribution in [0.25, 0.3) is 120 Å². The number of aromatic nitrogens is 2. The molecule has 13 rings (SSSR count). The average Bonchev–Trinajstić information content (AvgIpc) is 3.93. The summed E-state index contributed by atoms with van der Waals surface area (Å²) in [5.74, 6) is 0. The minimum atomic E-state index is 0.916. The fourth-order valence-electron chi connectivity index (χ4n) is 9.75. The van der Waals surface area contributed by atoms with Crippen LogP contribution in [0.5, 0.6) is 0 Å². The van der Waals surface area contributed by atoms with E-state index >= 15 is 0 Å². The molecule has 0 aliphatic carbocycles. The lowest BCUT2D eigenvalue weighted by Gasteiger charge is -2.15. The van der Waals surface area contributed by atoms with Crippen LogP contribution in [0.4, 0.5) is 0 Å². The van der Waals surface area contributed by atoms with Crippen LogP contribution in [0, 0.1) is 0 Å². The van der Waals surface area contributed by atoms with Crippen molar-refractivity contribution in [2.24, 2.45) is 0 Å². The first-order chi connectivity index (χ1) is 28.3. The van der Waals surface area contributed by atoms with Crippen LogP contribution < -0.4 is 0 Å². The van der Waals surface area contributed by atoms with E-state index in [1.54, 1.807) is 0 Å². The van der Waals surface area contributed by atoms with Crippen molar-refractivity contribution in [3.63, 3.8) is 0 Å². The molecule has 13 aromatic rings. The molecule has 0 radical (unpaired) electrons. The maximum absolute atomic E-state index is 6.15. The van der Waals surface area contributed by atoms with Crippen LogP contribution in [-0.4, -0.2) is 9.13 Å². The van der Waals surface area contributed by atoms with Crippen molar-refractivity contribution in [2.45, 2.75) is 0 Å². The molecule has 3 nitrogen and oxygen atoms in total. The Labute approximate surface area is 326 Å². The summed E-state index contributed by atoms with van der Waals surface area (Å²) in [5, 5.41) is 14.8. The largest absolute Gasteiger partial charge is 0.456 e. The summed E-state index contributed by atoms with van der Waals surface area (Å²) in [5.41, 5.74) is 11.4. The Morgan fingerprint density at radius 2 is 0.649 bits per heavy atom. The third-order valence-corrected chi connectivity index (χ3v) is 12.3. The lowest BCUT2D eigenvalue weighted by Crippen LogP contribution is -1.96. The van der Waals surface area contributed by atoms with E-state index in [-0.39, 0.29) is 0 Å². The number of rotatable bonds is 3. The number of para-hydroxylation sites is 4. The normalized spacial score (nSPS) is 12.2. The second-order valence-corrected chi connectivity index (χ2v) is 15.3. The zero-order valence-corrected chi connectivity index (χ0v) is 30.8. The molecule has 264 valence electrons. The summed E-state index contributed by atoms with van der Waals surface area (Å²) >= 11 is 0. The average molecular weight is 725 g/mol. The molecule has 0 atom stereocenters. The maximum atomic E-state index is 6.15. The fourth-order valence-corrected chi connectivity index (χ4v) is 9.75. The van der Waals surface area contributed by atoms with E-state index in [0.29, 0.717) is 0 Å². The van der Waals surface area contributed by atoms with Gasteiger partial charge in [-0.05, 0) is 116 Å². The Bertz CT molecular complexity index is 3750. The molecule has 0 aliphatic heterocycles. The first-order valence-electron chi connectivity index (χ1n) is 19.6. The van der Waals surface area contributed by atoms with Gasteiger partial charge in [-0.15, -0.1) is 0 Å². The predicted octanol–water partition coefficient (Wildman–Crippen LogP) is 14.9. The monoisotopic (exact) mass is 724 g/mol. The summed E-state index contributed by atoms with van der Waals surface area (Å²) in [6.45, 7) is 0. The summed E-state index contributed by atoms with van der Waals surface area (Å²) < 4.78 is 11.0. The molecule has 0 saturated carbocycles. The standard InChI is InChI=1S/C54H32N2O/c1-2-12-38-37(11-1)45-29-33(34-22-28-54-48(30-34)44-16-6-10-20-53(44)57-54)21-25-39(45)40-26-23-35(31-46(38)40)56-51-19-9-5-15-43(51)47-32-36(24-27-52(47)56)55-49-17-7-3-13-41(49)42-14-4-8-18-50(42)55/h1-32H. The lowest BCUT2D eigenvalue weighted by atomic mass is 9.91. The highest BCUT2D eigenvalue weighted by Crippen LogP contribution is 2.41. The van der Waals surface area contributed by atoms with Crippen LogP contribution in [-0.2, 0) is 0 Å². The van der Waals surface area contributed by atoms with Gasteiger partial charge in [-0.3, -0.25) is 0 Å². The first-order valence-corrected chi connectivity index (χ1v) is 19.6. The Hall–Kier alpha value is -7.62. The van der Waals surface area contributed by atoms with Crippen LogP contribution >= 0.6 is 0 Å². The molecule has 0 fully saturated rings. The number of benzene rings is 10. The van der Waals surface area contributed by atoms with Crippen LogP contribution in [0.3, 0.4) is 0 Å². The number of fused-ring (bicyclic) bond motifs is 15. The fraction of sp³-hybridized carbons (Fsp3) is 0. The molecule has 0 saturated heterocycles. The van der Waals surface area contributed by atoms with Gasteiger partial charge < -0.3 is 13.6 Å². The van der Waals surface area contributed by atoms with E-state index in [1.807, 2.05) is 12.1 Å². The summed E-state index contributed by atoms with van der Waals surface area (Å²) in [6, 6.07) is 71.0. The minimum Gasteiger partial charge on any atom is -0.456 e. The molecule has 3 heteroatoms. The van der Waals surface area contributed by atoms with Crippen molar-refractivity contribution >= 4 is 97.9 Å². The van der Waals surface area contributed by atoms with Gasteiger partial charge in [0.05, 0.1) is 22.1 Å². The van der Waals surface area contributed by atoms with Gasteiger partial charge in [0.25, 0.3) is 0 Å². The third kappa shape index (κ3) is 4.31. The van der Waals surface area contributed by atoms with Gasteiger partial charge in [0.15, 0.2) is 0 Å². The number of hydrogen-bond donors (Lipinski definition) is 0. The van der Waals surface area contributed by atoms with Gasteiger partial charge in [-0.2, -0.15) is 0 Å². The third-order valence-electron chi connectivity index (χ3n) is 12.3. The number of hydrogen-bond acceptors (Lipinski definition) is 1. The second-order valence-electron chi connectivity index (χ2n) is 15.3. The molecule has 0 N–H and O–H groups in total. The highest BCUT2D eigenvalue weighted by molar-refractivity contribution is 6.26. The Kier molecular flexibility index (Phi) is 6.16. The Morgan fingerprint density at radius 1 is 0.246 bits per heavy atom. The molecule has 0 unspecified atom stereocenters. The quantitative estimate of drug-likeness (QED) is 0.166. The molecular formula is C54H32N2O. The summed E-state index contributed by atoms with van der Waals surface area (Å²) in [6.07, 6.45) is 0. The highest BCUT2D eigenvalue weighted by atomic mass is 16.3. The Balaban J connectivity index is 1.00. The summed E-state index contributed by atoms with van der Waals surface area (Å²) in [4.78, 5) is 0. The molecule has 0 amide bonds. The minimum absolute atomic E-state index is 0.916. The number of nitrogens with zero attached hydrogens (tertiary/aromatic N) is 2. The summed E-state index contributed by atoms with van der Waals surface area (Å²) in [7, 11) is 0. The van der Waals surface area contributed by atoms with Gasteiger partial charge in [0.2, 0.25) is 0 Å². The van der Waals surface area contributed by atoms with E-state index in [4.69, 9.17) is 4.42 Å². The van der Waals surface area contributed by atoms with Crippen molar-refractivity contribution in [2.75, 3.05) is 0 Å². The van der Waals surface area contributed by atoms with E-state index in [0.717, 1.165) is 33.3 Å². The number of furan rings is 1. The molecule has 3 aromatic heterocycles. The van der Waals surface area contributed by atoms with Crippen molar-refractivity contribution in [1.29, 1.82) is 0 Å². The molecular weight excluding hydrogens is 693 g/mol. The molecule has 57 heavy (non-hydrogen) atoms. The first kappa shape index (κ1) is 30.7. The van der Waals surface area contributed by atoms with Crippen molar-refractivity contribution in [3.05, 3.63) is 194 Å². The smallest absolute Gasteiger partial charge is 0.135 e. The van der Waals surface area contributed by atoms with E-state index in [1.165, 1.54) is 87.1 Å². The molecule has 10 aromatic carbocycles. The Morgan fingerprint density at radius 3 is 1.30 bits per heavy atom. The van der Waals surface area contributed by atoms with Gasteiger partial charge in [0, 0.05) is 43.7 Å². The van der Waals surface area contributed by atoms with Crippen molar-refractivity contribution in [1.82, 2.24) is 9.13 Å². The SMILES string of the molecule is c1ccc2c(c1)oc1ccc(-c3ccc4c5ccc(-n6c7ccccc7c7cc(-n8c9ccccc9c9ccccc98)ccc76)cc5c5ccccc5c4c3)cc12. The van der Waals surface area contributed by atoms with Crippen LogP contribution in [0.2, 0.25) is 0 Å². The molecule has 0 bridgehead atoms. The van der Waals surface area contributed by atoms with Gasteiger partial charge in [-0.1, -0.05) is 121 Å². The van der Waals surface area contributed by atoms with Crippen LogP contribution in [0.15, 0.2) is 199 Å². The van der Waals surface area contributed by atoms with E-state index < -0.39 is 0 Å². The molecule has 3 heterocycles. The van der Waals surface area contributed by atoms with Gasteiger partial charge >= 0.3 is 0 Å². The van der Waals surface area contributed by atoms with Gasteiger partial charge in [-0.25, -0.2) is 0 Å². The second kappa shape index (κ2) is 11.5. The predicted molar refractivity (Wildman–Crippen MR) is 240 cm³/mol. The van der Waals surface area contributed by atoms with Crippen LogP contribution in [0.1, 0.15) is 0 Å². The highest BCUT2D eigenvalue weighted by Gasteiger charge is 2.18. The zero-order chi connectivity index (χ0) is 37.2. The topological polar surface area (TPSA) is 23.0 Å². The van der Waals surface area contributed by atoms with Crippen molar-refractivity contribution in [3.8, 4) is 22.5 Å². The van der Waals surface area contributed by atoms with Gasteiger partial charge in [0.1, 0.15) is 11.2 Å².